The maximum Gasteiger partial charge on any atom is 0.341 e. The molecule has 7 nitrogen and oxygen atoms in total. The second-order valence-electron chi connectivity index (χ2n) is 8.04. The second-order valence-corrected chi connectivity index (χ2v) is 10.1. The number of thioether (sulfide) groups is 1. The van der Waals surface area contributed by atoms with Gasteiger partial charge in [-0.3, -0.25) is 4.79 Å². The third-order valence-electron chi connectivity index (χ3n) is 6.02. The van der Waals surface area contributed by atoms with Crippen LogP contribution in [-0.2, 0) is 28.9 Å². The molecule has 0 atom stereocenters. The van der Waals surface area contributed by atoms with Crippen molar-refractivity contribution in [2.45, 2.75) is 82.8 Å². The van der Waals surface area contributed by atoms with Crippen molar-refractivity contribution >= 4 is 40.0 Å². The van der Waals surface area contributed by atoms with Gasteiger partial charge >= 0.3 is 5.97 Å². The number of hydrogen-bond acceptors (Lipinski definition) is 7. The molecule has 0 radical (unpaired) electrons. The SMILES string of the molecule is CCOC(=O)c1c(NC(=O)CSc2nnc(C3CCCC3)n2CC)sc2c1CCCC2. The van der Waals surface area contributed by atoms with Crippen LogP contribution in [-0.4, -0.2) is 39.0 Å². The highest BCUT2D eigenvalue weighted by atomic mass is 32.2. The van der Waals surface area contributed by atoms with Gasteiger partial charge in [0.05, 0.1) is 17.9 Å². The Hall–Kier alpha value is -1.87. The minimum absolute atomic E-state index is 0.137. The Morgan fingerprint density at radius 2 is 1.94 bits per heavy atom. The summed E-state index contributed by atoms with van der Waals surface area (Å²) in [5, 5.41) is 13.2. The van der Waals surface area contributed by atoms with Crippen molar-refractivity contribution in [1.29, 1.82) is 0 Å². The maximum absolute atomic E-state index is 12.8. The van der Waals surface area contributed by atoms with E-state index in [0.717, 1.165) is 48.8 Å². The molecule has 2 aromatic heterocycles. The average Bonchev–Trinajstić information content (AvgIpc) is 3.49. The molecule has 168 valence electrons. The number of fused-ring (bicyclic) bond motifs is 1. The summed E-state index contributed by atoms with van der Waals surface area (Å²) in [7, 11) is 0. The number of esters is 1. The number of thiophene rings is 1. The van der Waals surface area contributed by atoms with Crippen molar-refractivity contribution in [2.24, 2.45) is 0 Å². The van der Waals surface area contributed by atoms with Crippen LogP contribution < -0.4 is 5.32 Å². The molecule has 2 aliphatic rings. The van der Waals surface area contributed by atoms with Crippen molar-refractivity contribution in [3.63, 3.8) is 0 Å². The summed E-state index contributed by atoms with van der Waals surface area (Å²) in [4.78, 5) is 26.5. The monoisotopic (exact) mass is 462 g/mol. The predicted octanol–water partition coefficient (Wildman–Crippen LogP) is 4.80. The lowest BCUT2D eigenvalue weighted by molar-refractivity contribution is -0.113. The Morgan fingerprint density at radius 3 is 2.68 bits per heavy atom. The first-order valence-electron chi connectivity index (χ1n) is 11.3. The smallest absolute Gasteiger partial charge is 0.341 e. The molecule has 2 aromatic rings. The normalized spacial score (nSPS) is 16.3. The first-order valence-corrected chi connectivity index (χ1v) is 13.1. The molecule has 2 aliphatic carbocycles. The van der Waals surface area contributed by atoms with E-state index in [2.05, 4.69) is 27.0 Å². The second kappa shape index (κ2) is 10.2. The largest absolute Gasteiger partial charge is 0.462 e. The van der Waals surface area contributed by atoms with Crippen LogP contribution >= 0.6 is 23.1 Å². The van der Waals surface area contributed by atoms with Gasteiger partial charge in [0.15, 0.2) is 5.16 Å². The highest BCUT2D eigenvalue weighted by molar-refractivity contribution is 7.99. The van der Waals surface area contributed by atoms with Crippen LogP contribution in [0.2, 0.25) is 0 Å². The zero-order chi connectivity index (χ0) is 21.8. The summed E-state index contributed by atoms with van der Waals surface area (Å²) >= 11 is 2.92. The molecule has 1 amide bonds. The van der Waals surface area contributed by atoms with E-state index in [9.17, 15) is 9.59 Å². The number of nitrogens with zero attached hydrogens (tertiary/aromatic N) is 3. The summed E-state index contributed by atoms with van der Waals surface area (Å²) in [5.41, 5.74) is 1.62. The van der Waals surface area contributed by atoms with Gasteiger partial charge in [-0.05, 0) is 57.9 Å². The van der Waals surface area contributed by atoms with Crippen molar-refractivity contribution in [3.05, 3.63) is 21.8 Å². The fraction of sp³-hybridized carbons (Fsp3) is 0.636. The summed E-state index contributed by atoms with van der Waals surface area (Å²) < 4.78 is 7.42. The highest BCUT2D eigenvalue weighted by Gasteiger charge is 2.28. The molecule has 0 aliphatic heterocycles. The summed E-state index contributed by atoms with van der Waals surface area (Å²) in [5.74, 6) is 1.30. The molecule has 0 bridgehead atoms. The molecular weight excluding hydrogens is 432 g/mol. The maximum atomic E-state index is 12.8. The van der Waals surface area contributed by atoms with Gasteiger partial charge in [0.25, 0.3) is 0 Å². The first kappa shape index (κ1) is 22.3. The van der Waals surface area contributed by atoms with Crippen LogP contribution in [0, 0.1) is 0 Å². The molecule has 31 heavy (non-hydrogen) atoms. The fourth-order valence-electron chi connectivity index (χ4n) is 4.56. The number of anilines is 1. The van der Waals surface area contributed by atoms with E-state index < -0.39 is 0 Å². The van der Waals surface area contributed by atoms with E-state index in [1.165, 1.54) is 53.7 Å². The lowest BCUT2D eigenvalue weighted by atomic mass is 9.95. The number of amides is 1. The third kappa shape index (κ3) is 4.82. The first-order chi connectivity index (χ1) is 15.1. The fourth-order valence-corrected chi connectivity index (χ4v) is 6.66. The number of hydrogen-bond donors (Lipinski definition) is 1. The standard InChI is InChI=1S/C22H30N4O3S2/c1-3-26-19(14-9-5-6-10-14)24-25-22(26)30-13-17(27)23-20-18(21(28)29-4-2)15-11-7-8-12-16(15)31-20/h14H,3-13H2,1-2H3,(H,23,27). The Labute approximate surface area is 191 Å². The number of aromatic nitrogens is 3. The lowest BCUT2D eigenvalue weighted by Crippen LogP contribution is -2.17. The van der Waals surface area contributed by atoms with Crippen LogP contribution in [0.25, 0.3) is 0 Å². The predicted molar refractivity (Wildman–Crippen MR) is 123 cm³/mol. The summed E-state index contributed by atoms with van der Waals surface area (Å²) in [6.07, 6.45) is 8.85. The van der Waals surface area contributed by atoms with E-state index >= 15 is 0 Å². The van der Waals surface area contributed by atoms with Crippen LogP contribution in [0.5, 0.6) is 0 Å². The Kier molecular flexibility index (Phi) is 7.32. The van der Waals surface area contributed by atoms with E-state index in [1.807, 2.05) is 0 Å². The van der Waals surface area contributed by atoms with Gasteiger partial charge < -0.3 is 14.6 Å². The molecule has 2 heterocycles. The van der Waals surface area contributed by atoms with E-state index in [1.54, 1.807) is 6.92 Å². The zero-order valence-corrected chi connectivity index (χ0v) is 19.9. The van der Waals surface area contributed by atoms with Gasteiger partial charge in [0, 0.05) is 17.3 Å². The van der Waals surface area contributed by atoms with Gasteiger partial charge in [-0.1, -0.05) is 24.6 Å². The topological polar surface area (TPSA) is 86.1 Å². The van der Waals surface area contributed by atoms with Crippen molar-refractivity contribution in [2.75, 3.05) is 17.7 Å². The van der Waals surface area contributed by atoms with E-state index in [4.69, 9.17) is 4.74 Å². The molecule has 0 aromatic carbocycles. The van der Waals surface area contributed by atoms with Crippen molar-refractivity contribution < 1.29 is 14.3 Å². The Balaban J connectivity index is 1.45. The van der Waals surface area contributed by atoms with E-state index in [0.29, 0.717) is 23.1 Å². The minimum atomic E-state index is -0.336. The summed E-state index contributed by atoms with van der Waals surface area (Å²) in [6, 6.07) is 0. The number of ether oxygens (including phenoxy) is 1. The molecule has 1 N–H and O–H groups in total. The van der Waals surface area contributed by atoms with Crippen molar-refractivity contribution in [1.82, 2.24) is 14.8 Å². The van der Waals surface area contributed by atoms with Gasteiger partial charge in [-0.25, -0.2) is 4.79 Å². The molecule has 0 unspecified atom stereocenters. The van der Waals surface area contributed by atoms with Gasteiger partial charge in [0.2, 0.25) is 5.91 Å². The van der Waals surface area contributed by atoms with Crippen LogP contribution in [0.3, 0.4) is 0 Å². The molecule has 0 spiro atoms. The Bertz CT molecular complexity index is 947. The molecule has 0 saturated heterocycles. The van der Waals surface area contributed by atoms with E-state index in [-0.39, 0.29) is 17.6 Å². The quantitative estimate of drug-likeness (QED) is 0.448. The van der Waals surface area contributed by atoms with Crippen LogP contribution in [0.15, 0.2) is 5.16 Å². The van der Waals surface area contributed by atoms with Crippen molar-refractivity contribution in [3.8, 4) is 0 Å². The zero-order valence-electron chi connectivity index (χ0n) is 18.2. The summed E-state index contributed by atoms with van der Waals surface area (Å²) in [6.45, 7) is 5.01. The minimum Gasteiger partial charge on any atom is -0.462 e. The Morgan fingerprint density at radius 1 is 1.16 bits per heavy atom. The molecular formula is C22H30N4O3S2. The number of rotatable bonds is 8. The third-order valence-corrected chi connectivity index (χ3v) is 8.19. The lowest BCUT2D eigenvalue weighted by Gasteiger charge is -2.12. The average molecular weight is 463 g/mol. The number of carbonyl (C=O) groups is 2. The molecule has 1 fully saturated rings. The van der Waals surface area contributed by atoms with Crippen LogP contribution in [0.1, 0.15) is 84.9 Å². The van der Waals surface area contributed by atoms with Crippen LogP contribution in [0.4, 0.5) is 5.00 Å². The van der Waals surface area contributed by atoms with Gasteiger partial charge in [-0.15, -0.1) is 21.5 Å². The van der Waals surface area contributed by atoms with Gasteiger partial charge in [0.1, 0.15) is 10.8 Å². The number of nitrogens with one attached hydrogen (secondary N) is 1. The number of carbonyl (C=O) groups excluding carboxylic acids is 2. The molecule has 4 rings (SSSR count). The highest BCUT2D eigenvalue weighted by Crippen LogP contribution is 2.39. The molecule has 1 saturated carbocycles. The molecule has 9 heteroatoms. The van der Waals surface area contributed by atoms with Gasteiger partial charge in [-0.2, -0.15) is 0 Å². The number of aryl methyl sites for hydroxylation is 1.